The lowest BCUT2D eigenvalue weighted by atomic mass is 9.91. The summed E-state index contributed by atoms with van der Waals surface area (Å²) in [4.78, 5) is 27.8. The molecular weight excluding hydrogens is 518 g/mol. The zero-order valence-electron chi connectivity index (χ0n) is 28.9. The Kier molecular flexibility index (Phi) is 32.6. The molecule has 0 aromatic heterocycles. The predicted molar refractivity (Wildman–Crippen MR) is 183 cm³/mol. The fraction of sp³-hybridized carbons (Fsp3) is 0.947. The molecule has 0 bridgehead atoms. The highest BCUT2D eigenvalue weighted by Gasteiger charge is 2.22. The monoisotopic (exact) mass is 594 g/mol. The Morgan fingerprint density at radius 1 is 0.524 bits per heavy atom. The van der Waals surface area contributed by atoms with Crippen LogP contribution in [-0.2, 0) is 9.59 Å². The van der Waals surface area contributed by atoms with Gasteiger partial charge in [-0.15, -0.1) is 0 Å². The van der Waals surface area contributed by atoms with E-state index in [1.165, 1.54) is 141 Å². The van der Waals surface area contributed by atoms with Gasteiger partial charge in [0.1, 0.15) is 11.6 Å². The minimum atomic E-state index is -0.214. The van der Waals surface area contributed by atoms with Crippen LogP contribution in [0.1, 0.15) is 200 Å². The molecule has 1 unspecified atom stereocenters. The molecule has 0 aromatic carbocycles. The zero-order valence-corrected chi connectivity index (χ0v) is 28.9. The maximum Gasteiger partial charge on any atom is 0.137 e. The smallest absolute Gasteiger partial charge is 0.137 e. The van der Waals surface area contributed by atoms with Crippen molar-refractivity contribution in [3.63, 3.8) is 0 Å². The molecule has 0 rings (SSSR count). The van der Waals surface area contributed by atoms with Crippen LogP contribution in [0, 0.1) is 5.92 Å². The highest BCUT2D eigenvalue weighted by atomic mass is 16.3. The van der Waals surface area contributed by atoms with Crippen LogP contribution in [0.5, 0.6) is 0 Å². The van der Waals surface area contributed by atoms with E-state index in [1.807, 2.05) is 11.9 Å². The van der Waals surface area contributed by atoms with Crippen molar-refractivity contribution < 1.29 is 14.7 Å². The number of aliphatic hydroxyl groups excluding tert-OH is 1. The summed E-state index contributed by atoms with van der Waals surface area (Å²) in [7, 11) is 1.94. The molecule has 0 saturated carbocycles. The Morgan fingerprint density at radius 2 is 0.857 bits per heavy atom. The molecule has 1 N–H and O–H groups in total. The van der Waals surface area contributed by atoms with E-state index in [4.69, 9.17) is 0 Å². The van der Waals surface area contributed by atoms with Crippen molar-refractivity contribution in [2.75, 3.05) is 26.7 Å². The number of Topliss-reactive ketones (excluding diaryl/α,β-unsaturated/α-hetero) is 2. The quantitative estimate of drug-likeness (QED) is 0.0743. The fourth-order valence-corrected chi connectivity index (χ4v) is 6.16. The average molecular weight is 594 g/mol. The number of aliphatic hydroxyl groups is 1. The number of hydrogen-bond donors (Lipinski definition) is 1. The Bertz CT molecular complexity index is 579. The molecule has 4 nitrogen and oxygen atoms in total. The second kappa shape index (κ2) is 33.2. The summed E-state index contributed by atoms with van der Waals surface area (Å²) in [6.45, 7) is 5.77. The van der Waals surface area contributed by atoms with Crippen molar-refractivity contribution in [3.05, 3.63) is 0 Å². The molecule has 0 radical (unpaired) electrons. The van der Waals surface area contributed by atoms with Crippen LogP contribution in [0.4, 0.5) is 0 Å². The molecule has 0 saturated heterocycles. The van der Waals surface area contributed by atoms with Crippen LogP contribution >= 0.6 is 0 Å². The summed E-state index contributed by atoms with van der Waals surface area (Å²) in [6.07, 6.45) is 35.5. The molecule has 0 aliphatic rings. The molecule has 0 fully saturated rings. The zero-order chi connectivity index (χ0) is 30.9. The first-order valence-electron chi connectivity index (χ1n) is 18.9. The van der Waals surface area contributed by atoms with E-state index in [-0.39, 0.29) is 24.1 Å². The molecule has 0 aliphatic carbocycles. The number of hydrogen-bond acceptors (Lipinski definition) is 4. The van der Waals surface area contributed by atoms with Gasteiger partial charge in [-0.1, -0.05) is 168 Å². The minimum absolute atomic E-state index is 0.0865. The second-order valence-corrected chi connectivity index (χ2v) is 13.4. The average Bonchev–Trinajstić information content (AvgIpc) is 2.97. The lowest BCUT2D eigenvalue weighted by Crippen LogP contribution is -2.33. The second-order valence-electron chi connectivity index (χ2n) is 13.4. The first-order valence-corrected chi connectivity index (χ1v) is 18.9. The summed E-state index contributed by atoms with van der Waals surface area (Å²) in [6, 6.07) is 0. The first kappa shape index (κ1) is 41.3. The Morgan fingerprint density at radius 3 is 1.21 bits per heavy atom. The van der Waals surface area contributed by atoms with Crippen LogP contribution < -0.4 is 0 Å². The molecule has 0 heterocycles. The van der Waals surface area contributed by atoms with Gasteiger partial charge < -0.3 is 10.0 Å². The minimum Gasteiger partial charge on any atom is -0.395 e. The molecule has 0 spiro atoms. The molecule has 42 heavy (non-hydrogen) atoms. The molecule has 0 aliphatic heterocycles. The summed E-state index contributed by atoms with van der Waals surface area (Å²) in [5.74, 6) is 0.286. The molecule has 250 valence electrons. The maximum absolute atomic E-state index is 13.1. The molecule has 4 heteroatoms. The van der Waals surface area contributed by atoms with Crippen LogP contribution in [0.2, 0.25) is 0 Å². The first-order chi connectivity index (χ1) is 20.5. The number of unbranched alkanes of at least 4 members (excludes halogenated alkanes) is 24. The Hall–Kier alpha value is -0.740. The van der Waals surface area contributed by atoms with E-state index in [0.717, 1.165) is 25.7 Å². The normalized spacial score (nSPS) is 12.3. The van der Waals surface area contributed by atoms with E-state index in [1.54, 1.807) is 0 Å². The molecule has 0 amide bonds. The number of rotatable bonds is 35. The third-order valence-corrected chi connectivity index (χ3v) is 9.03. The van der Waals surface area contributed by atoms with E-state index in [0.29, 0.717) is 32.4 Å². The lowest BCUT2D eigenvalue weighted by Gasteiger charge is -2.22. The third-order valence-electron chi connectivity index (χ3n) is 9.03. The van der Waals surface area contributed by atoms with E-state index in [9.17, 15) is 14.7 Å². The van der Waals surface area contributed by atoms with E-state index in [2.05, 4.69) is 13.8 Å². The van der Waals surface area contributed by atoms with Crippen LogP contribution in [-0.4, -0.2) is 48.3 Å². The Labute approximate surface area is 263 Å². The maximum atomic E-state index is 13.1. The van der Waals surface area contributed by atoms with Gasteiger partial charge in [0, 0.05) is 38.3 Å². The number of ketones is 2. The van der Waals surface area contributed by atoms with E-state index >= 15 is 0 Å². The van der Waals surface area contributed by atoms with Gasteiger partial charge >= 0.3 is 0 Å². The van der Waals surface area contributed by atoms with Crippen LogP contribution in [0.15, 0.2) is 0 Å². The predicted octanol–water partition coefficient (Wildman–Crippen LogP) is 11.0. The highest BCUT2D eigenvalue weighted by molar-refractivity contribution is 5.88. The largest absolute Gasteiger partial charge is 0.395 e. The van der Waals surface area contributed by atoms with Crippen molar-refractivity contribution in [1.82, 2.24) is 4.90 Å². The topological polar surface area (TPSA) is 57.6 Å². The van der Waals surface area contributed by atoms with Crippen LogP contribution in [0.25, 0.3) is 0 Å². The van der Waals surface area contributed by atoms with Crippen molar-refractivity contribution in [2.24, 2.45) is 5.92 Å². The van der Waals surface area contributed by atoms with E-state index < -0.39 is 0 Å². The summed E-state index contributed by atoms with van der Waals surface area (Å²) >= 11 is 0. The van der Waals surface area contributed by atoms with Gasteiger partial charge in [0.25, 0.3) is 0 Å². The van der Waals surface area contributed by atoms with Gasteiger partial charge in [-0.25, -0.2) is 0 Å². The summed E-state index contributed by atoms with van der Waals surface area (Å²) < 4.78 is 0. The Balaban J connectivity index is 3.98. The van der Waals surface area contributed by atoms with Crippen molar-refractivity contribution in [3.8, 4) is 0 Å². The fourth-order valence-electron chi connectivity index (χ4n) is 6.16. The standard InChI is InChI=1S/C38H75NO3/c1-4-6-8-10-12-14-16-18-20-22-24-26-28-30-37(41)34-36(35-39(3)32-33-40)38(42)31-29-27-25-23-21-19-17-15-13-11-9-7-5-2/h36,40H,4-35H2,1-3H3. The van der Waals surface area contributed by atoms with Crippen molar-refractivity contribution >= 4 is 11.6 Å². The number of carbonyl (C=O) groups is 2. The molecule has 0 aromatic rings. The third kappa shape index (κ3) is 29.3. The summed E-state index contributed by atoms with van der Waals surface area (Å²) in [5, 5.41) is 9.30. The number of likely N-dealkylation sites (N-methyl/N-ethyl adjacent to an activating group) is 1. The number of nitrogens with zero attached hydrogens (tertiary/aromatic N) is 1. The molecule has 1 atom stereocenters. The van der Waals surface area contributed by atoms with Gasteiger partial charge in [0.15, 0.2) is 0 Å². The highest BCUT2D eigenvalue weighted by Crippen LogP contribution is 2.18. The van der Waals surface area contributed by atoms with Crippen molar-refractivity contribution in [2.45, 2.75) is 200 Å². The molecular formula is C38H75NO3. The van der Waals surface area contributed by atoms with Gasteiger partial charge in [-0.05, 0) is 19.9 Å². The number of carbonyl (C=O) groups excluding carboxylic acids is 2. The van der Waals surface area contributed by atoms with Gasteiger partial charge in [-0.3, -0.25) is 9.59 Å². The van der Waals surface area contributed by atoms with Crippen LogP contribution in [0.3, 0.4) is 0 Å². The van der Waals surface area contributed by atoms with Crippen molar-refractivity contribution in [1.29, 1.82) is 0 Å². The lowest BCUT2D eigenvalue weighted by molar-refractivity contribution is -0.128. The van der Waals surface area contributed by atoms with Gasteiger partial charge in [0.2, 0.25) is 0 Å². The summed E-state index contributed by atoms with van der Waals surface area (Å²) in [5.41, 5.74) is 0. The van der Waals surface area contributed by atoms with Gasteiger partial charge in [-0.2, -0.15) is 0 Å². The van der Waals surface area contributed by atoms with Gasteiger partial charge in [0.05, 0.1) is 6.61 Å². The SMILES string of the molecule is CCCCCCCCCCCCCCCC(=O)CC(CN(C)CCO)C(=O)CCCCCCCCCCCCCCC.